The number of thioether (sulfide) groups is 1. The first-order valence-corrected chi connectivity index (χ1v) is 9.56. The van der Waals surface area contributed by atoms with E-state index in [9.17, 15) is 13.2 Å². The normalized spacial score (nSPS) is 13.3. The van der Waals surface area contributed by atoms with Gasteiger partial charge < -0.3 is 11.1 Å². The van der Waals surface area contributed by atoms with Crippen molar-refractivity contribution >= 4 is 27.5 Å². The van der Waals surface area contributed by atoms with Gasteiger partial charge in [-0.05, 0) is 36.4 Å². The molecule has 1 aromatic rings. The molecular formula is C14H22N2O3S2. The number of hydrogen-bond donors (Lipinski definition) is 2. The first-order chi connectivity index (χ1) is 9.70. The molecule has 0 aliphatic heterocycles. The fraction of sp³-hybridized carbons (Fsp3) is 0.500. The van der Waals surface area contributed by atoms with E-state index in [4.69, 9.17) is 5.73 Å². The highest BCUT2D eigenvalue weighted by Crippen LogP contribution is 2.21. The number of nitrogens with one attached hydrogen (secondary N) is 1. The predicted octanol–water partition coefficient (Wildman–Crippen LogP) is 1.42. The van der Waals surface area contributed by atoms with Crippen LogP contribution in [0.3, 0.4) is 0 Å². The summed E-state index contributed by atoms with van der Waals surface area (Å²) in [6, 6.07) is 6.59. The van der Waals surface area contributed by atoms with Crippen molar-refractivity contribution in [2.75, 3.05) is 12.0 Å². The van der Waals surface area contributed by atoms with Crippen LogP contribution in [0.15, 0.2) is 34.1 Å². The van der Waals surface area contributed by atoms with Crippen LogP contribution in [0.25, 0.3) is 0 Å². The van der Waals surface area contributed by atoms with E-state index in [2.05, 4.69) is 5.32 Å². The molecule has 3 N–H and O–H groups in total. The zero-order chi connectivity index (χ0) is 16.0. The minimum absolute atomic E-state index is 0.196. The van der Waals surface area contributed by atoms with E-state index in [0.29, 0.717) is 11.3 Å². The van der Waals surface area contributed by atoms with Crippen molar-refractivity contribution in [1.82, 2.24) is 5.32 Å². The fourth-order valence-corrected chi connectivity index (χ4v) is 3.34. The predicted molar refractivity (Wildman–Crippen MR) is 86.1 cm³/mol. The number of rotatable bonds is 8. The molecule has 1 unspecified atom stereocenters. The second-order valence-electron chi connectivity index (χ2n) is 5.16. The van der Waals surface area contributed by atoms with Gasteiger partial charge in [-0.2, -0.15) is 0 Å². The van der Waals surface area contributed by atoms with Gasteiger partial charge in [0.15, 0.2) is 9.84 Å². The van der Waals surface area contributed by atoms with Gasteiger partial charge in [0.05, 0.1) is 10.9 Å². The van der Waals surface area contributed by atoms with E-state index in [-0.39, 0.29) is 18.0 Å². The van der Waals surface area contributed by atoms with E-state index in [1.807, 2.05) is 13.8 Å². The summed E-state index contributed by atoms with van der Waals surface area (Å²) in [6.45, 7) is 3.93. The van der Waals surface area contributed by atoms with Crippen molar-refractivity contribution in [3.63, 3.8) is 0 Å². The molecule has 1 atom stereocenters. The Bertz CT molecular complexity index is 568. The maximum atomic E-state index is 11.4. The number of hydrogen-bond acceptors (Lipinski definition) is 5. The highest BCUT2D eigenvalue weighted by molar-refractivity contribution is 7.99. The smallest absolute Gasteiger partial charge is 0.234 e. The first kappa shape index (κ1) is 18.0. The minimum atomic E-state index is -3.16. The lowest BCUT2D eigenvalue weighted by Gasteiger charge is -2.17. The van der Waals surface area contributed by atoms with Crippen molar-refractivity contribution in [2.24, 2.45) is 5.73 Å². The summed E-state index contributed by atoms with van der Waals surface area (Å²) in [5.74, 6) is 0.377. The lowest BCUT2D eigenvalue weighted by atomic mass is 10.2. The molecule has 0 aliphatic rings. The van der Waals surface area contributed by atoms with Crippen LogP contribution >= 0.6 is 11.8 Å². The van der Waals surface area contributed by atoms with Crippen LogP contribution in [0.2, 0.25) is 0 Å². The second kappa shape index (κ2) is 7.82. The summed E-state index contributed by atoms with van der Waals surface area (Å²) < 4.78 is 22.7. The van der Waals surface area contributed by atoms with E-state index < -0.39 is 9.84 Å². The van der Waals surface area contributed by atoms with E-state index in [0.717, 1.165) is 10.6 Å². The van der Waals surface area contributed by atoms with Crippen LogP contribution in [-0.2, 0) is 14.6 Å². The largest absolute Gasteiger partial charge is 0.368 e. The first-order valence-electron chi connectivity index (χ1n) is 6.68. The van der Waals surface area contributed by atoms with Crippen LogP contribution < -0.4 is 11.1 Å². The molecule has 0 fully saturated rings. The fourth-order valence-electron chi connectivity index (χ4n) is 1.79. The molecule has 5 nitrogen and oxygen atoms in total. The van der Waals surface area contributed by atoms with Gasteiger partial charge in [-0.1, -0.05) is 13.8 Å². The molecule has 7 heteroatoms. The van der Waals surface area contributed by atoms with Crippen LogP contribution in [0.1, 0.15) is 20.3 Å². The van der Waals surface area contributed by atoms with Crippen LogP contribution in [0, 0.1) is 0 Å². The van der Waals surface area contributed by atoms with Crippen molar-refractivity contribution in [3.8, 4) is 0 Å². The third kappa shape index (κ3) is 6.50. The van der Waals surface area contributed by atoms with Gasteiger partial charge in [-0.25, -0.2) is 8.42 Å². The Balaban J connectivity index is 2.53. The standard InChI is InChI=1S/C14H22N2O3S2/c1-10(2)16-13(14(15)17)8-9-20-11-4-6-12(7-5-11)21(3,18)19/h4-7,10,13,16H,8-9H2,1-3H3,(H2,15,17). The Morgan fingerprint density at radius 1 is 1.29 bits per heavy atom. The molecule has 1 amide bonds. The number of carbonyl (C=O) groups is 1. The molecule has 0 saturated carbocycles. The molecule has 21 heavy (non-hydrogen) atoms. The molecule has 0 radical (unpaired) electrons. The van der Waals surface area contributed by atoms with Gasteiger partial charge in [0.1, 0.15) is 0 Å². The molecule has 0 heterocycles. The van der Waals surface area contributed by atoms with E-state index in [1.165, 1.54) is 6.26 Å². The summed E-state index contributed by atoms with van der Waals surface area (Å²) in [5.41, 5.74) is 5.35. The lowest BCUT2D eigenvalue weighted by Crippen LogP contribution is -2.44. The molecule has 0 aliphatic carbocycles. The maximum Gasteiger partial charge on any atom is 0.234 e. The average Bonchev–Trinajstić information content (AvgIpc) is 2.36. The van der Waals surface area contributed by atoms with Gasteiger partial charge >= 0.3 is 0 Å². The van der Waals surface area contributed by atoms with Crippen molar-refractivity contribution in [1.29, 1.82) is 0 Å². The maximum absolute atomic E-state index is 11.4. The SMILES string of the molecule is CC(C)NC(CCSc1ccc(S(C)(=O)=O)cc1)C(N)=O. The molecule has 1 rings (SSSR count). The Morgan fingerprint density at radius 2 is 1.86 bits per heavy atom. The van der Waals surface area contributed by atoms with Crippen LogP contribution in [-0.4, -0.2) is 38.4 Å². The molecule has 0 aromatic heterocycles. The van der Waals surface area contributed by atoms with Gasteiger partial charge in [-0.3, -0.25) is 4.79 Å². The van der Waals surface area contributed by atoms with Crippen LogP contribution in [0.4, 0.5) is 0 Å². The minimum Gasteiger partial charge on any atom is -0.368 e. The van der Waals surface area contributed by atoms with Crippen LogP contribution in [0.5, 0.6) is 0 Å². The Kier molecular flexibility index (Phi) is 6.70. The molecular weight excluding hydrogens is 308 g/mol. The molecule has 1 aromatic carbocycles. The van der Waals surface area contributed by atoms with Gasteiger partial charge in [0.2, 0.25) is 5.91 Å². The van der Waals surface area contributed by atoms with Crippen molar-refractivity contribution in [2.45, 2.75) is 42.1 Å². The zero-order valence-electron chi connectivity index (χ0n) is 12.5. The average molecular weight is 330 g/mol. The monoisotopic (exact) mass is 330 g/mol. The van der Waals surface area contributed by atoms with E-state index in [1.54, 1.807) is 36.0 Å². The molecule has 0 bridgehead atoms. The third-order valence-corrected chi connectivity index (χ3v) is 4.98. The summed E-state index contributed by atoms with van der Waals surface area (Å²) in [4.78, 5) is 12.6. The number of sulfone groups is 1. The van der Waals surface area contributed by atoms with Gasteiger partial charge in [0.25, 0.3) is 0 Å². The number of carbonyl (C=O) groups excluding carboxylic acids is 1. The third-order valence-electron chi connectivity index (χ3n) is 2.81. The number of nitrogens with two attached hydrogens (primary N) is 1. The summed E-state index contributed by atoms with van der Waals surface area (Å²) in [5, 5.41) is 3.13. The number of amides is 1. The Hall–Kier alpha value is -1.05. The van der Waals surface area contributed by atoms with Gasteiger partial charge in [-0.15, -0.1) is 11.8 Å². The van der Waals surface area contributed by atoms with Crippen molar-refractivity contribution in [3.05, 3.63) is 24.3 Å². The Morgan fingerprint density at radius 3 is 2.29 bits per heavy atom. The second-order valence-corrected chi connectivity index (χ2v) is 8.34. The van der Waals surface area contributed by atoms with E-state index >= 15 is 0 Å². The van der Waals surface area contributed by atoms with Crippen molar-refractivity contribution < 1.29 is 13.2 Å². The highest BCUT2D eigenvalue weighted by Gasteiger charge is 2.15. The van der Waals surface area contributed by atoms with Gasteiger partial charge in [0, 0.05) is 17.2 Å². The highest BCUT2D eigenvalue weighted by atomic mass is 32.2. The molecule has 118 valence electrons. The lowest BCUT2D eigenvalue weighted by molar-refractivity contribution is -0.120. The quantitative estimate of drug-likeness (QED) is 0.704. The topological polar surface area (TPSA) is 89.3 Å². The zero-order valence-corrected chi connectivity index (χ0v) is 14.1. The molecule has 0 saturated heterocycles. The number of primary amides is 1. The Labute approximate surface area is 130 Å². The summed E-state index contributed by atoms with van der Waals surface area (Å²) >= 11 is 1.57. The summed E-state index contributed by atoms with van der Waals surface area (Å²) in [6.07, 6.45) is 1.82. The molecule has 0 spiro atoms. The number of benzene rings is 1. The summed E-state index contributed by atoms with van der Waals surface area (Å²) in [7, 11) is -3.16.